The molecule has 0 radical (unpaired) electrons. The lowest BCUT2D eigenvalue weighted by atomic mass is 9.98. The summed E-state index contributed by atoms with van der Waals surface area (Å²) < 4.78 is 0. The lowest BCUT2D eigenvalue weighted by molar-refractivity contribution is -0.114. The van der Waals surface area contributed by atoms with Crippen LogP contribution in [0.1, 0.15) is 44.7 Å². The number of rotatable bonds is 6. The largest absolute Gasteiger partial charge is 0.326 e. The second-order valence-corrected chi connectivity index (χ2v) is 5.75. The topological polar surface area (TPSA) is 44.4 Å². The Labute approximate surface area is 127 Å². The minimum absolute atomic E-state index is 0.0209. The second-order valence-electron chi connectivity index (χ2n) is 5.75. The Kier molecular flexibility index (Phi) is 6.21. The molecule has 2 N–H and O–H groups in total. The zero-order valence-corrected chi connectivity index (χ0v) is 13.2. The van der Waals surface area contributed by atoms with E-state index in [1.165, 1.54) is 24.8 Å². The molecule has 0 spiro atoms. The molecular formula is C17H27N3O. The highest BCUT2D eigenvalue weighted by atomic mass is 16.1. The fourth-order valence-corrected chi connectivity index (χ4v) is 2.94. The number of hydrogen-bond acceptors (Lipinski definition) is 3. The lowest BCUT2D eigenvalue weighted by Gasteiger charge is -2.35. The number of hydrogen-bond donors (Lipinski definition) is 2. The Morgan fingerprint density at radius 1 is 1.29 bits per heavy atom. The van der Waals surface area contributed by atoms with Crippen LogP contribution in [0.5, 0.6) is 0 Å². The number of piperazine rings is 1. The van der Waals surface area contributed by atoms with Crippen molar-refractivity contribution >= 4 is 11.6 Å². The van der Waals surface area contributed by atoms with Gasteiger partial charge in [0.05, 0.1) is 0 Å². The van der Waals surface area contributed by atoms with Gasteiger partial charge < -0.3 is 10.6 Å². The van der Waals surface area contributed by atoms with E-state index in [9.17, 15) is 4.79 Å². The van der Waals surface area contributed by atoms with Gasteiger partial charge in [-0.3, -0.25) is 9.69 Å². The molecule has 1 aromatic carbocycles. The first-order chi connectivity index (χ1) is 10.2. The third kappa shape index (κ3) is 4.83. The second kappa shape index (κ2) is 8.15. The van der Waals surface area contributed by atoms with Crippen molar-refractivity contribution in [1.29, 1.82) is 0 Å². The molecule has 0 aliphatic carbocycles. The van der Waals surface area contributed by atoms with Crippen LogP contribution in [-0.4, -0.2) is 37.0 Å². The van der Waals surface area contributed by atoms with Crippen molar-refractivity contribution in [2.75, 3.05) is 31.5 Å². The molecule has 4 heteroatoms. The Balaban J connectivity index is 2.09. The number of carbonyl (C=O) groups excluding carboxylic acids is 1. The first-order valence-electron chi connectivity index (χ1n) is 8.03. The molecular weight excluding hydrogens is 262 g/mol. The summed E-state index contributed by atoms with van der Waals surface area (Å²) in [6, 6.07) is 8.84. The normalized spacial score (nSPS) is 17.4. The van der Waals surface area contributed by atoms with Crippen LogP contribution in [0, 0.1) is 0 Å². The van der Waals surface area contributed by atoms with Gasteiger partial charge in [0.2, 0.25) is 5.91 Å². The summed E-state index contributed by atoms with van der Waals surface area (Å²) in [5, 5.41) is 6.25. The average molecular weight is 289 g/mol. The van der Waals surface area contributed by atoms with Crippen LogP contribution < -0.4 is 10.6 Å². The van der Waals surface area contributed by atoms with Crippen molar-refractivity contribution in [3.8, 4) is 0 Å². The molecule has 1 amide bonds. The Morgan fingerprint density at radius 2 is 1.95 bits per heavy atom. The molecule has 1 aliphatic heterocycles. The Bertz CT molecular complexity index is 438. The minimum atomic E-state index is -0.0209. The van der Waals surface area contributed by atoms with Crippen molar-refractivity contribution in [1.82, 2.24) is 10.2 Å². The highest BCUT2D eigenvalue weighted by molar-refractivity contribution is 5.88. The van der Waals surface area contributed by atoms with E-state index in [1.807, 2.05) is 12.1 Å². The van der Waals surface area contributed by atoms with E-state index < -0.39 is 0 Å². The van der Waals surface area contributed by atoms with E-state index in [-0.39, 0.29) is 5.91 Å². The molecule has 1 atom stereocenters. The highest BCUT2D eigenvalue weighted by Crippen LogP contribution is 2.27. The number of anilines is 1. The summed E-state index contributed by atoms with van der Waals surface area (Å²) >= 11 is 0. The molecule has 0 unspecified atom stereocenters. The third-order valence-corrected chi connectivity index (χ3v) is 4.04. The SMILES string of the molecule is CCCC[C@@H](c1ccc(NC(C)=O)cc1)N1CCNCC1. The summed E-state index contributed by atoms with van der Waals surface area (Å²) in [4.78, 5) is 13.7. The summed E-state index contributed by atoms with van der Waals surface area (Å²) in [7, 11) is 0. The number of amides is 1. The molecule has 1 heterocycles. The summed E-state index contributed by atoms with van der Waals surface area (Å²) in [6.07, 6.45) is 3.69. The number of nitrogens with one attached hydrogen (secondary N) is 2. The van der Waals surface area contributed by atoms with Crippen molar-refractivity contribution in [2.45, 2.75) is 39.2 Å². The number of nitrogens with zero attached hydrogens (tertiary/aromatic N) is 1. The monoisotopic (exact) mass is 289 g/mol. The zero-order valence-electron chi connectivity index (χ0n) is 13.2. The molecule has 0 aromatic heterocycles. The Morgan fingerprint density at radius 3 is 2.52 bits per heavy atom. The molecule has 1 aliphatic rings. The maximum Gasteiger partial charge on any atom is 0.221 e. The Hall–Kier alpha value is -1.39. The number of unbranched alkanes of at least 4 members (excludes halogenated alkanes) is 1. The van der Waals surface area contributed by atoms with Crippen molar-refractivity contribution in [3.63, 3.8) is 0 Å². The fourth-order valence-electron chi connectivity index (χ4n) is 2.94. The van der Waals surface area contributed by atoms with E-state index in [1.54, 1.807) is 6.92 Å². The first-order valence-corrected chi connectivity index (χ1v) is 8.03. The number of benzene rings is 1. The molecule has 0 saturated carbocycles. The summed E-state index contributed by atoms with van der Waals surface area (Å²) in [5.74, 6) is -0.0209. The van der Waals surface area contributed by atoms with Gasteiger partial charge in [-0.25, -0.2) is 0 Å². The number of carbonyl (C=O) groups is 1. The highest BCUT2D eigenvalue weighted by Gasteiger charge is 2.21. The van der Waals surface area contributed by atoms with Crippen LogP contribution in [0.2, 0.25) is 0 Å². The van der Waals surface area contributed by atoms with Gasteiger partial charge in [-0.1, -0.05) is 31.9 Å². The summed E-state index contributed by atoms with van der Waals surface area (Å²) in [5.41, 5.74) is 2.24. The van der Waals surface area contributed by atoms with E-state index in [4.69, 9.17) is 0 Å². The standard InChI is InChI=1S/C17H27N3O/c1-3-4-5-17(20-12-10-18-11-13-20)15-6-8-16(9-7-15)19-14(2)21/h6-9,17-18H,3-5,10-13H2,1-2H3,(H,19,21)/t17-/m0/s1. The van der Waals surface area contributed by atoms with Crippen LogP contribution in [0.25, 0.3) is 0 Å². The van der Waals surface area contributed by atoms with Crippen molar-refractivity contribution in [2.24, 2.45) is 0 Å². The van der Waals surface area contributed by atoms with Crippen molar-refractivity contribution < 1.29 is 4.79 Å². The molecule has 2 rings (SSSR count). The lowest BCUT2D eigenvalue weighted by Crippen LogP contribution is -2.45. The predicted molar refractivity (Wildman–Crippen MR) is 87.5 cm³/mol. The quantitative estimate of drug-likeness (QED) is 0.846. The van der Waals surface area contributed by atoms with E-state index in [0.717, 1.165) is 31.9 Å². The molecule has 4 nitrogen and oxygen atoms in total. The van der Waals surface area contributed by atoms with Gasteiger partial charge in [-0.15, -0.1) is 0 Å². The van der Waals surface area contributed by atoms with Gasteiger partial charge in [0.25, 0.3) is 0 Å². The van der Waals surface area contributed by atoms with Crippen molar-refractivity contribution in [3.05, 3.63) is 29.8 Å². The third-order valence-electron chi connectivity index (χ3n) is 4.04. The van der Waals surface area contributed by atoms with Gasteiger partial charge in [-0.2, -0.15) is 0 Å². The van der Waals surface area contributed by atoms with E-state index in [2.05, 4.69) is 34.6 Å². The van der Waals surface area contributed by atoms with Crippen LogP contribution >= 0.6 is 0 Å². The molecule has 116 valence electrons. The zero-order chi connectivity index (χ0) is 15.1. The van der Waals surface area contributed by atoms with Gasteiger partial charge >= 0.3 is 0 Å². The van der Waals surface area contributed by atoms with Gasteiger partial charge in [-0.05, 0) is 24.1 Å². The smallest absolute Gasteiger partial charge is 0.221 e. The van der Waals surface area contributed by atoms with Gasteiger partial charge in [0, 0.05) is 44.8 Å². The maximum atomic E-state index is 11.1. The summed E-state index contributed by atoms with van der Waals surface area (Å²) in [6.45, 7) is 8.16. The van der Waals surface area contributed by atoms with Gasteiger partial charge in [0.15, 0.2) is 0 Å². The van der Waals surface area contributed by atoms with Crippen LogP contribution in [-0.2, 0) is 4.79 Å². The average Bonchev–Trinajstić information content (AvgIpc) is 2.50. The molecule has 1 fully saturated rings. The van der Waals surface area contributed by atoms with Crippen LogP contribution in [0.15, 0.2) is 24.3 Å². The molecule has 21 heavy (non-hydrogen) atoms. The first kappa shape index (κ1) is 16.0. The van der Waals surface area contributed by atoms with Crippen LogP contribution in [0.4, 0.5) is 5.69 Å². The van der Waals surface area contributed by atoms with Crippen LogP contribution in [0.3, 0.4) is 0 Å². The molecule has 1 saturated heterocycles. The minimum Gasteiger partial charge on any atom is -0.326 e. The molecule has 1 aromatic rings. The van der Waals surface area contributed by atoms with Gasteiger partial charge in [0.1, 0.15) is 0 Å². The maximum absolute atomic E-state index is 11.1. The van der Waals surface area contributed by atoms with E-state index >= 15 is 0 Å². The van der Waals surface area contributed by atoms with E-state index in [0.29, 0.717) is 6.04 Å². The molecule has 0 bridgehead atoms. The predicted octanol–water partition coefficient (Wildman–Crippen LogP) is 2.78. The fraction of sp³-hybridized carbons (Fsp3) is 0.588.